The summed E-state index contributed by atoms with van der Waals surface area (Å²) in [5.74, 6) is -1.16. The van der Waals surface area contributed by atoms with E-state index in [0.717, 1.165) is 12.8 Å². The molecule has 0 aromatic heterocycles. The molecule has 14 heavy (non-hydrogen) atoms. The van der Waals surface area contributed by atoms with Crippen LogP contribution in [-0.2, 0) is 9.59 Å². The van der Waals surface area contributed by atoms with Gasteiger partial charge < -0.3 is 11.1 Å². The van der Waals surface area contributed by atoms with Crippen LogP contribution in [0.2, 0.25) is 0 Å². The minimum Gasteiger partial charge on any atom is -0.346 e. The Morgan fingerprint density at radius 3 is 2.71 bits per heavy atom. The van der Waals surface area contributed by atoms with E-state index >= 15 is 0 Å². The molecule has 0 aliphatic heterocycles. The van der Waals surface area contributed by atoms with Gasteiger partial charge in [-0.1, -0.05) is 25.8 Å². The SMILES string of the molecule is C=CCNC(=O)C(=O)C(N)CCCC. The third-order valence-electron chi connectivity index (χ3n) is 1.84. The number of hydrogen-bond donors (Lipinski definition) is 2. The van der Waals surface area contributed by atoms with Gasteiger partial charge in [0.25, 0.3) is 5.91 Å². The van der Waals surface area contributed by atoms with E-state index in [1.807, 2.05) is 6.92 Å². The van der Waals surface area contributed by atoms with Crippen LogP contribution in [0.25, 0.3) is 0 Å². The van der Waals surface area contributed by atoms with Crippen molar-refractivity contribution in [1.29, 1.82) is 0 Å². The summed E-state index contributed by atoms with van der Waals surface area (Å²) in [6.07, 6.45) is 3.91. The lowest BCUT2D eigenvalue weighted by Crippen LogP contribution is -2.42. The van der Waals surface area contributed by atoms with Crippen LogP contribution in [0.1, 0.15) is 26.2 Å². The first kappa shape index (κ1) is 12.8. The van der Waals surface area contributed by atoms with Gasteiger partial charge in [-0.3, -0.25) is 9.59 Å². The maximum absolute atomic E-state index is 11.3. The van der Waals surface area contributed by atoms with Crippen LogP contribution in [0.15, 0.2) is 12.7 Å². The van der Waals surface area contributed by atoms with Gasteiger partial charge in [0.2, 0.25) is 5.78 Å². The zero-order valence-electron chi connectivity index (χ0n) is 8.58. The molecule has 0 radical (unpaired) electrons. The van der Waals surface area contributed by atoms with Crippen molar-refractivity contribution < 1.29 is 9.59 Å². The van der Waals surface area contributed by atoms with Crippen LogP contribution >= 0.6 is 0 Å². The number of carbonyl (C=O) groups is 2. The van der Waals surface area contributed by atoms with Crippen molar-refractivity contribution >= 4 is 11.7 Å². The lowest BCUT2D eigenvalue weighted by Gasteiger charge is -2.08. The summed E-state index contributed by atoms with van der Waals surface area (Å²) in [6, 6.07) is -0.667. The number of nitrogens with two attached hydrogens (primary N) is 1. The van der Waals surface area contributed by atoms with Crippen molar-refractivity contribution in [2.24, 2.45) is 5.73 Å². The highest BCUT2D eigenvalue weighted by atomic mass is 16.2. The van der Waals surface area contributed by atoms with E-state index in [1.165, 1.54) is 6.08 Å². The molecule has 0 fully saturated rings. The van der Waals surface area contributed by atoms with Gasteiger partial charge in [-0.15, -0.1) is 6.58 Å². The molecule has 1 atom stereocenters. The summed E-state index contributed by atoms with van der Waals surface area (Å²) in [5, 5.41) is 2.40. The van der Waals surface area contributed by atoms with E-state index in [2.05, 4.69) is 11.9 Å². The second-order valence-corrected chi connectivity index (χ2v) is 3.11. The number of amides is 1. The number of nitrogens with one attached hydrogen (secondary N) is 1. The zero-order chi connectivity index (χ0) is 11.0. The molecule has 0 aromatic rings. The maximum atomic E-state index is 11.3. The number of hydrogen-bond acceptors (Lipinski definition) is 3. The molecule has 0 aromatic carbocycles. The third kappa shape index (κ3) is 4.77. The molecule has 1 unspecified atom stereocenters. The maximum Gasteiger partial charge on any atom is 0.289 e. The lowest BCUT2D eigenvalue weighted by atomic mass is 10.1. The second-order valence-electron chi connectivity index (χ2n) is 3.11. The van der Waals surface area contributed by atoms with Crippen molar-refractivity contribution in [2.75, 3.05) is 6.54 Å². The topological polar surface area (TPSA) is 72.2 Å². The Balaban J connectivity index is 3.90. The molecular formula is C10H18N2O2. The van der Waals surface area contributed by atoms with Gasteiger partial charge in [0.15, 0.2) is 0 Å². The number of rotatable bonds is 7. The number of carbonyl (C=O) groups excluding carboxylic acids is 2. The standard InChI is InChI=1S/C10H18N2O2/c1-3-5-6-8(11)9(13)10(14)12-7-4-2/h4,8H,2-3,5-7,11H2,1H3,(H,12,14). The molecule has 0 bridgehead atoms. The Morgan fingerprint density at radius 2 is 2.21 bits per heavy atom. The van der Waals surface area contributed by atoms with E-state index in [4.69, 9.17) is 5.73 Å². The van der Waals surface area contributed by atoms with Gasteiger partial charge in [0, 0.05) is 6.54 Å². The van der Waals surface area contributed by atoms with Gasteiger partial charge in [0.1, 0.15) is 0 Å². The van der Waals surface area contributed by atoms with E-state index < -0.39 is 17.7 Å². The minimum absolute atomic E-state index is 0.297. The molecule has 0 saturated carbocycles. The van der Waals surface area contributed by atoms with Crippen molar-refractivity contribution in [3.8, 4) is 0 Å². The summed E-state index contributed by atoms with van der Waals surface area (Å²) in [5.41, 5.74) is 5.54. The van der Waals surface area contributed by atoms with Gasteiger partial charge in [-0.25, -0.2) is 0 Å². The van der Waals surface area contributed by atoms with Crippen LogP contribution in [0.3, 0.4) is 0 Å². The fourth-order valence-corrected chi connectivity index (χ4v) is 0.975. The fourth-order valence-electron chi connectivity index (χ4n) is 0.975. The predicted octanol–water partition coefficient (Wildman–Crippen LogP) is 0.375. The van der Waals surface area contributed by atoms with Gasteiger partial charge in [-0.2, -0.15) is 0 Å². The summed E-state index contributed by atoms with van der Waals surface area (Å²) >= 11 is 0. The molecule has 1 amide bonds. The fraction of sp³-hybridized carbons (Fsp3) is 0.600. The molecule has 0 aliphatic rings. The van der Waals surface area contributed by atoms with Gasteiger partial charge in [0.05, 0.1) is 6.04 Å². The average Bonchev–Trinajstić information content (AvgIpc) is 2.21. The monoisotopic (exact) mass is 198 g/mol. The highest BCUT2D eigenvalue weighted by Gasteiger charge is 2.20. The van der Waals surface area contributed by atoms with Crippen LogP contribution in [-0.4, -0.2) is 24.3 Å². The van der Waals surface area contributed by atoms with Crippen LogP contribution in [0.4, 0.5) is 0 Å². The molecule has 0 aliphatic carbocycles. The average molecular weight is 198 g/mol. The second kappa shape index (κ2) is 7.26. The normalized spacial score (nSPS) is 11.9. The summed E-state index contributed by atoms with van der Waals surface area (Å²) in [6.45, 7) is 5.73. The smallest absolute Gasteiger partial charge is 0.289 e. The van der Waals surface area contributed by atoms with Crippen molar-refractivity contribution in [1.82, 2.24) is 5.32 Å². The Morgan fingerprint density at radius 1 is 1.57 bits per heavy atom. The highest BCUT2D eigenvalue weighted by molar-refractivity contribution is 6.38. The first-order valence-electron chi connectivity index (χ1n) is 4.82. The summed E-state index contributed by atoms with van der Waals surface area (Å²) in [4.78, 5) is 22.4. The molecule has 0 rings (SSSR count). The Labute approximate surface area is 84.5 Å². The van der Waals surface area contributed by atoms with E-state index in [0.29, 0.717) is 13.0 Å². The molecular weight excluding hydrogens is 180 g/mol. The largest absolute Gasteiger partial charge is 0.346 e. The van der Waals surface area contributed by atoms with Gasteiger partial charge in [-0.05, 0) is 6.42 Å². The number of ketones is 1. The third-order valence-corrected chi connectivity index (χ3v) is 1.84. The van der Waals surface area contributed by atoms with Gasteiger partial charge >= 0.3 is 0 Å². The Hall–Kier alpha value is -1.16. The molecule has 80 valence electrons. The van der Waals surface area contributed by atoms with Crippen molar-refractivity contribution in [3.63, 3.8) is 0 Å². The zero-order valence-corrected chi connectivity index (χ0v) is 8.58. The Bertz CT molecular complexity index is 214. The van der Waals surface area contributed by atoms with E-state index in [1.54, 1.807) is 0 Å². The number of Topliss-reactive ketones (excluding diaryl/α,β-unsaturated/α-hetero) is 1. The van der Waals surface area contributed by atoms with E-state index in [-0.39, 0.29) is 0 Å². The first-order valence-corrected chi connectivity index (χ1v) is 4.82. The number of unbranched alkanes of at least 4 members (excludes halogenated alkanes) is 1. The molecule has 0 spiro atoms. The van der Waals surface area contributed by atoms with Crippen LogP contribution in [0.5, 0.6) is 0 Å². The molecule has 3 N–H and O–H groups in total. The molecule has 4 nitrogen and oxygen atoms in total. The highest BCUT2D eigenvalue weighted by Crippen LogP contribution is 1.99. The molecule has 4 heteroatoms. The van der Waals surface area contributed by atoms with Crippen LogP contribution in [0, 0.1) is 0 Å². The minimum atomic E-state index is -0.667. The van der Waals surface area contributed by atoms with Crippen molar-refractivity contribution in [3.05, 3.63) is 12.7 Å². The van der Waals surface area contributed by atoms with Crippen molar-refractivity contribution in [2.45, 2.75) is 32.2 Å². The summed E-state index contributed by atoms with van der Waals surface area (Å²) in [7, 11) is 0. The summed E-state index contributed by atoms with van der Waals surface area (Å²) < 4.78 is 0. The Kier molecular flexibility index (Phi) is 6.66. The molecule has 0 heterocycles. The quantitative estimate of drug-likeness (QED) is 0.458. The predicted molar refractivity (Wildman–Crippen MR) is 55.7 cm³/mol. The lowest BCUT2D eigenvalue weighted by molar-refractivity contribution is -0.138. The van der Waals surface area contributed by atoms with E-state index in [9.17, 15) is 9.59 Å². The molecule has 0 saturated heterocycles. The van der Waals surface area contributed by atoms with Crippen LogP contribution < -0.4 is 11.1 Å². The first-order chi connectivity index (χ1) is 6.63.